The van der Waals surface area contributed by atoms with E-state index in [0.717, 1.165) is 44.9 Å². The maximum atomic E-state index is 11.9. The standard InChI is InChI=1S/C14H23N3O2.C9H15N3.ClH/c1-14(2,3)19-13(18)17-7-4-12(5-8-17)10-16-9-6-15-11-16;1-3-10-4-2-9(1)7-12-6-5-11-8-12;/h6,9,11-12H,4-5,7-8,10H2,1-3H3;5-6,8-10H,1-4,7H2;1H. The van der Waals surface area contributed by atoms with Gasteiger partial charge in [0.05, 0.1) is 12.7 Å². The lowest BCUT2D eigenvalue weighted by Crippen LogP contribution is -2.42. The highest BCUT2D eigenvalue weighted by Crippen LogP contribution is 2.21. The van der Waals surface area contributed by atoms with Crippen molar-refractivity contribution in [3.63, 3.8) is 0 Å². The molecular formula is C23H39ClN6O2. The fourth-order valence-electron chi connectivity index (χ4n) is 4.07. The lowest BCUT2D eigenvalue weighted by molar-refractivity contribution is 0.0178. The van der Waals surface area contributed by atoms with Crippen molar-refractivity contribution < 1.29 is 9.53 Å². The van der Waals surface area contributed by atoms with Gasteiger partial charge in [-0.1, -0.05) is 0 Å². The lowest BCUT2D eigenvalue weighted by atomic mass is 9.97. The van der Waals surface area contributed by atoms with E-state index in [1.807, 2.05) is 56.9 Å². The molecule has 2 saturated heterocycles. The smallest absolute Gasteiger partial charge is 0.410 e. The maximum Gasteiger partial charge on any atom is 0.410 e. The first-order chi connectivity index (χ1) is 14.9. The van der Waals surface area contributed by atoms with Crippen LogP contribution >= 0.6 is 12.4 Å². The molecule has 0 aromatic carbocycles. The molecule has 4 rings (SSSR count). The summed E-state index contributed by atoms with van der Waals surface area (Å²) in [6.45, 7) is 11.8. The minimum atomic E-state index is -0.412. The van der Waals surface area contributed by atoms with Crippen molar-refractivity contribution in [1.29, 1.82) is 0 Å². The summed E-state index contributed by atoms with van der Waals surface area (Å²) in [5, 5.41) is 3.37. The van der Waals surface area contributed by atoms with Crippen LogP contribution in [0.3, 0.4) is 0 Å². The number of ether oxygens (including phenoxy) is 1. The number of imidazole rings is 2. The topological polar surface area (TPSA) is 77.2 Å². The number of hydrogen-bond donors (Lipinski definition) is 1. The maximum absolute atomic E-state index is 11.9. The van der Waals surface area contributed by atoms with Crippen molar-refractivity contribution in [2.75, 3.05) is 26.2 Å². The van der Waals surface area contributed by atoms with Crippen molar-refractivity contribution in [3.8, 4) is 0 Å². The second kappa shape index (κ2) is 12.8. The van der Waals surface area contributed by atoms with Crippen LogP contribution < -0.4 is 5.32 Å². The van der Waals surface area contributed by atoms with Crippen LogP contribution in [0.5, 0.6) is 0 Å². The van der Waals surface area contributed by atoms with Crippen LogP contribution in [0.15, 0.2) is 37.4 Å². The Morgan fingerprint density at radius 3 is 1.88 bits per heavy atom. The minimum absolute atomic E-state index is 0. The highest BCUT2D eigenvalue weighted by atomic mass is 35.5. The first kappa shape index (κ1) is 26.2. The van der Waals surface area contributed by atoms with E-state index in [1.165, 1.54) is 25.9 Å². The number of halogens is 1. The summed E-state index contributed by atoms with van der Waals surface area (Å²) in [4.78, 5) is 21.8. The summed E-state index contributed by atoms with van der Waals surface area (Å²) in [5.74, 6) is 1.47. The summed E-state index contributed by atoms with van der Waals surface area (Å²) in [6.07, 6.45) is 15.9. The molecule has 2 aromatic heterocycles. The third-order valence-corrected chi connectivity index (χ3v) is 5.78. The number of amides is 1. The highest BCUT2D eigenvalue weighted by Gasteiger charge is 2.26. The van der Waals surface area contributed by atoms with Gasteiger partial charge in [0.15, 0.2) is 0 Å². The van der Waals surface area contributed by atoms with Crippen molar-refractivity contribution in [2.24, 2.45) is 11.8 Å². The lowest BCUT2D eigenvalue weighted by Gasteiger charge is -2.33. The fourth-order valence-corrected chi connectivity index (χ4v) is 4.07. The van der Waals surface area contributed by atoms with Gasteiger partial charge in [0.1, 0.15) is 5.60 Å². The summed E-state index contributed by atoms with van der Waals surface area (Å²) in [6, 6.07) is 0. The van der Waals surface area contributed by atoms with Gasteiger partial charge in [0, 0.05) is 51.0 Å². The van der Waals surface area contributed by atoms with E-state index in [4.69, 9.17) is 4.74 Å². The van der Waals surface area contributed by atoms with E-state index in [2.05, 4.69) is 24.4 Å². The van der Waals surface area contributed by atoms with Crippen LogP contribution in [-0.2, 0) is 17.8 Å². The number of aromatic nitrogens is 4. The van der Waals surface area contributed by atoms with E-state index in [9.17, 15) is 4.79 Å². The minimum Gasteiger partial charge on any atom is -0.444 e. The Balaban J connectivity index is 0.000000241. The second-order valence-electron chi connectivity index (χ2n) is 9.62. The predicted molar refractivity (Wildman–Crippen MR) is 128 cm³/mol. The number of nitrogens with zero attached hydrogens (tertiary/aromatic N) is 5. The first-order valence-electron chi connectivity index (χ1n) is 11.5. The summed E-state index contributed by atoms with van der Waals surface area (Å²) < 4.78 is 9.67. The SMILES string of the molecule is CC(C)(C)OC(=O)N1CCC(Cn2ccnc2)CC1.Cl.c1cn(CC2CCNCC2)cn1. The monoisotopic (exact) mass is 466 g/mol. The molecule has 1 amide bonds. The summed E-state index contributed by atoms with van der Waals surface area (Å²) in [5.41, 5.74) is -0.412. The van der Waals surface area contributed by atoms with E-state index in [1.54, 1.807) is 6.20 Å². The molecular weight excluding hydrogens is 428 g/mol. The summed E-state index contributed by atoms with van der Waals surface area (Å²) in [7, 11) is 0. The van der Waals surface area contributed by atoms with Gasteiger partial charge in [0.25, 0.3) is 0 Å². The molecule has 0 aliphatic carbocycles. The van der Waals surface area contributed by atoms with Gasteiger partial charge in [-0.25, -0.2) is 14.8 Å². The van der Waals surface area contributed by atoms with E-state index in [-0.39, 0.29) is 18.5 Å². The van der Waals surface area contributed by atoms with Gasteiger partial charge in [-0.2, -0.15) is 0 Å². The number of carbonyl (C=O) groups excluding carboxylic acids is 1. The van der Waals surface area contributed by atoms with Gasteiger partial charge < -0.3 is 24.1 Å². The third-order valence-electron chi connectivity index (χ3n) is 5.78. The molecule has 0 spiro atoms. The van der Waals surface area contributed by atoms with Crippen LogP contribution in [0.1, 0.15) is 46.5 Å². The first-order valence-corrected chi connectivity index (χ1v) is 11.5. The largest absolute Gasteiger partial charge is 0.444 e. The molecule has 8 nitrogen and oxygen atoms in total. The van der Waals surface area contributed by atoms with Crippen LogP contribution in [0.4, 0.5) is 4.79 Å². The molecule has 0 unspecified atom stereocenters. The molecule has 2 aliphatic heterocycles. The van der Waals surface area contributed by atoms with Gasteiger partial charge in [-0.15, -0.1) is 12.4 Å². The van der Waals surface area contributed by atoms with Crippen LogP contribution in [0, 0.1) is 11.8 Å². The van der Waals surface area contributed by atoms with E-state index in [0.29, 0.717) is 5.92 Å². The molecule has 0 saturated carbocycles. The molecule has 0 bridgehead atoms. The third kappa shape index (κ3) is 9.20. The number of likely N-dealkylation sites (tertiary alicyclic amines) is 1. The van der Waals surface area contributed by atoms with Crippen LogP contribution in [-0.4, -0.2) is 61.9 Å². The highest BCUT2D eigenvalue weighted by molar-refractivity contribution is 5.85. The Hall–Kier alpha value is -2.06. The Bertz CT molecular complexity index is 746. The van der Waals surface area contributed by atoms with Crippen molar-refractivity contribution in [3.05, 3.63) is 37.4 Å². The Kier molecular flexibility index (Phi) is 10.5. The molecule has 2 aromatic rings. The molecule has 180 valence electrons. The Morgan fingerprint density at radius 2 is 1.44 bits per heavy atom. The predicted octanol–water partition coefficient (Wildman–Crippen LogP) is 3.83. The van der Waals surface area contributed by atoms with Crippen LogP contribution in [0.25, 0.3) is 0 Å². The van der Waals surface area contributed by atoms with Crippen molar-refractivity contribution >= 4 is 18.5 Å². The Morgan fingerprint density at radius 1 is 0.938 bits per heavy atom. The second-order valence-corrected chi connectivity index (χ2v) is 9.62. The zero-order valence-corrected chi connectivity index (χ0v) is 20.5. The molecule has 2 aliphatic rings. The molecule has 2 fully saturated rings. The van der Waals surface area contributed by atoms with E-state index >= 15 is 0 Å². The fraction of sp³-hybridized carbons (Fsp3) is 0.696. The molecule has 32 heavy (non-hydrogen) atoms. The molecule has 9 heteroatoms. The van der Waals surface area contributed by atoms with Gasteiger partial charge in [0.2, 0.25) is 0 Å². The number of carbonyl (C=O) groups is 1. The summed E-state index contributed by atoms with van der Waals surface area (Å²) >= 11 is 0. The molecule has 0 radical (unpaired) electrons. The number of rotatable bonds is 4. The number of nitrogens with one attached hydrogen (secondary N) is 1. The van der Waals surface area contributed by atoms with E-state index < -0.39 is 5.60 Å². The molecule has 1 N–H and O–H groups in total. The van der Waals surface area contributed by atoms with Crippen LogP contribution in [0.2, 0.25) is 0 Å². The Labute approximate surface area is 198 Å². The van der Waals surface area contributed by atoms with Crippen molar-refractivity contribution in [1.82, 2.24) is 29.3 Å². The van der Waals surface area contributed by atoms with Gasteiger partial charge >= 0.3 is 6.09 Å². The molecule has 4 heterocycles. The van der Waals surface area contributed by atoms with Gasteiger partial charge in [-0.3, -0.25) is 0 Å². The average molecular weight is 467 g/mol. The zero-order valence-electron chi connectivity index (χ0n) is 19.7. The number of piperidine rings is 2. The normalized spacial score (nSPS) is 17.8. The number of hydrogen-bond acceptors (Lipinski definition) is 5. The zero-order chi connectivity index (χ0) is 22.1. The quantitative estimate of drug-likeness (QED) is 0.740. The van der Waals surface area contributed by atoms with Gasteiger partial charge in [-0.05, 0) is 71.4 Å². The average Bonchev–Trinajstić information content (AvgIpc) is 3.43. The molecule has 0 atom stereocenters. The van der Waals surface area contributed by atoms with Crippen molar-refractivity contribution in [2.45, 2.75) is 65.1 Å².